The van der Waals surface area contributed by atoms with Gasteiger partial charge in [0.15, 0.2) is 0 Å². The second-order valence-corrected chi connectivity index (χ2v) is 3.90. The number of carboxylic acid groups (broad SMARTS) is 1. The zero-order valence-electron chi connectivity index (χ0n) is 8.07. The highest BCUT2D eigenvalue weighted by Gasteiger charge is 2.24. The smallest absolute Gasteiger partial charge is 0.303 e. The summed E-state index contributed by atoms with van der Waals surface area (Å²) in [5, 5.41) is 8.67. The summed E-state index contributed by atoms with van der Waals surface area (Å²) in [5.74, 6) is -0.576. The van der Waals surface area contributed by atoms with E-state index in [1.807, 2.05) is 0 Å². The lowest BCUT2D eigenvalue weighted by Gasteiger charge is -2.18. The van der Waals surface area contributed by atoms with E-state index in [0.717, 1.165) is 25.9 Å². The van der Waals surface area contributed by atoms with Gasteiger partial charge in [-0.1, -0.05) is 0 Å². The molecule has 0 amide bonds. The van der Waals surface area contributed by atoms with Crippen LogP contribution >= 0.6 is 0 Å². The van der Waals surface area contributed by atoms with Crippen molar-refractivity contribution in [3.63, 3.8) is 0 Å². The van der Waals surface area contributed by atoms with Crippen LogP contribution in [0.3, 0.4) is 0 Å². The highest BCUT2D eigenvalue weighted by Crippen LogP contribution is 2.19. The van der Waals surface area contributed by atoms with Crippen molar-refractivity contribution in [1.29, 1.82) is 0 Å². The molecule has 76 valence electrons. The van der Waals surface area contributed by atoms with Crippen molar-refractivity contribution in [2.24, 2.45) is 11.7 Å². The Hall–Kier alpha value is -0.610. The molecule has 0 spiro atoms. The molecule has 0 aromatic rings. The molecule has 2 unspecified atom stereocenters. The molecule has 1 fully saturated rings. The fourth-order valence-corrected chi connectivity index (χ4v) is 1.79. The molecule has 1 aliphatic heterocycles. The first-order valence-corrected chi connectivity index (χ1v) is 4.75. The van der Waals surface area contributed by atoms with Crippen LogP contribution in [0.2, 0.25) is 0 Å². The molecule has 4 heteroatoms. The summed E-state index contributed by atoms with van der Waals surface area (Å²) in [5.41, 5.74) is 5.90. The first kappa shape index (κ1) is 10.5. The normalized spacial score (nSPS) is 31.2. The van der Waals surface area contributed by atoms with E-state index in [9.17, 15) is 4.79 Å². The summed E-state index contributed by atoms with van der Waals surface area (Å²) in [4.78, 5) is 12.7. The number of hydrogen-bond acceptors (Lipinski definition) is 3. The van der Waals surface area contributed by atoms with E-state index in [0.29, 0.717) is 0 Å². The number of aliphatic carboxylic acids is 1. The van der Waals surface area contributed by atoms with E-state index in [2.05, 4.69) is 11.9 Å². The highest BCUT2D eigenvalue weighted by atomic mass is 16.4. The number of likely N-dealkylation sites (tertiary alicyclic amines) is 1. The lowest BCUT2D eigenvalue weighted by molar-refractivity contribution is -0.138. The molecule has 0 aromatic carbocycles. The lowest BCUT2D eigenvalue weighted by atomic mass is 9.92. The molecular formula is C9H18N2O2. The van der Waals surface area contributed by atoms with E-state index < -0.39 is 5.97 Å². The molecule has 1 aliphatic rings. The summed E-state index contributed by atoms with van der Waals surface area (Å²) in [6.45, 7) is 1.95. The van der Waals surface area contributed by atoms with Crippen molar-refractivity contribution < 1.29 is 9.90 Å². The molecule has 2 atom stereocenters. The molecule has 0 aromatic heterocycles. The minimum absolute atomic E-state index is 0.0565. The number of nitrogens with two attached hydrogens (primary N) is 1. The number of hydrogen-bond donors (Lipinski definition) is 2. The van der Waals surface area contributed by atoms with E-state index >= 15 is 0 Å². The Balaban J connectivity index is 2.46. The third-order valence-electron chi connectivity index (χ3n) is 2.77. The summed E-state index contributed by atoms with van der Waals surface area (Å²) in [7, 11) is 2.05. The highest BCUT2D eigenvalue weighted by molar-refractivity contribution is 5.67. The van der Waals surface area contributed by atoms with Gasteiger partial charge in [0, 0.05) is 12.5 Å². The molecular weight excluding hydrogens is 168 g/mol. The van der Waals surface area contributed by atoms with Gasteiger partial charge in [0.1, 0.15) is 0 Å². The van der Waals surface area contributed by atoms with Crippen LogP contribution in [0.15, 0.2) is 0 Å². The zero-order chi connectivity index (χ0) is 9.84. The van der Waals surface area contributed by atoms with Gasteiger partial charge in [-0.05, 0) is 38.9 Å². The number of nitrogens with zero attached hydrogens (tertiary/aromatic N) is 1. The number of rotatable bonds is 2. The van der Waals surface area contributed by atoms with Gasteiger partial charge >= 0.3 is 5.97 Å². The first-order valence-electron chi connectivity index (χ1n) is 4.75. The fourth-order valence-electron chi connectivity index (χ4n) is 1.79. The molecule has 0 bridgehead atoms. The Kier molecular flexibility index (Phi) is 3.69. The van der Waals surface area contributed by atoms with Gasteiger partial charge in [-0.25, -0.2) is 0 Å². The van der Waals surface area contributed by atoms with Gasteiger partial charge in [-0.2, -0.15) is 0 Å². The van der Waals surface area contributed by atoms with Gasteiger partial charge in [-0.3, -0.25) is 4.79 Å². The third-order valence-corrected chi connectivity index (χ3v) is 2.77. The monoisotopic (exact) mass is 186 g/mol. The van der Waals surface area contributed by atoms with Gasteiger partial charge in [0.25, 0.3) is 0 Å². The summed E-state index contributed by atoms with van der Waals surface area (Å²) in [6.07, 6.45) is 2.04. The lowest BCUT2D eigenvalue weighted by Crippen LogP contribution is -2.31. The van der Waals surface area contributed by atoms with Crippen LogP contribution < -0.4 is 5.73 Å². The second kappa shape index (κ2) is 4.58. The van der Waals surface area contributed by atoms with Gasteiger partial charge < -0.3 is 15.7 Å². The molecule has 0 saturated carbocycles. The van der Waals surface area contributed by atoms with Crippen molar-refractivity contribution in [2.75, 3.05) is 20.1 Å². The molecule has 1 rings (SSSR count). The SMILES string of the molecule is CN1CCC(N)C(CC(=O)O)CC1. The molecule has 1 heterocycles. The van der Waals surface area contributed by atoms with E-state index in [1.165, 1.54) is 0 Å². The van der Waals surface area contributed by atoms with Crippen LogP contribution in [0.4, 0.5) is 0 Å². The number of carboxylic acids is 1. The van der Waals surface area contributed by atoms with Crippen molar-refractivity contribution in [2.45, 2.75) is 25.3 Å². The van der Waals surface area contributed by atoms with Gasteiger partial charge in [0.05, 0.1) is 0 Å². The molecule has 3 N–H and O–H groups in total. The average molecular weight is 186 g/mol. The molecule has 1 saturated heterocycles. The number of carbonyl (C=O) groups is 1. The van der Waals surface area contributed by atoms with E-state index in [-0.39, 0.29) is 18.4 Å². The second-order valence-electron chi connectivity index (χ2n) is 3.90. The maximum absolute atomic E-state index is 10.5. The topological polar surface area (TPSA) is 66.6 Å². The Bertz CT molecular complexity index is 184. The third kappa shape index (κ3) is 3.32. The van der Waals surface area contributed by atoms with E-state index in [1.54, 1.807) is 0 Å². The Morgan fingerprint density at radius 3 is 2.77 bits per heavy atom. The van der Waals surface area contributed by atoms with Crippen LogP contribution in [0.25, 0.3) is 0 Å². The predicted octanol–water partition coefficient (Wildman–Crippen LogP) is 0.130. The van der Waals surface area contributed by atoms with Crippen LogP contribution in [-0.2, 0) is 4.79 Å². The molecule has 4 nitrogen and oxygen atoms in total. The molecule has 0 radical (unpaired) electrons. The largest absolute Gasteiger partial charge is 0.481 e. The van der Waals surface area contributed by atoms with Crippen LogP contribution in [0, 0.1) is 5.92 Å². The Morgan fingerprint density at radius 2 is 2.15 bits per heavy atom. The van der Waals surface area contributed by atoms with Gasteiger partial charge in [-0.15, -0.1) is 0 Å². The standard InChI is InChI=1S/C9H18N2O2/c1-11-4-2-7(6-9(12)13)8(10)3-5-11/h7-8H,2-6,10H2,1H3,(H,12,13). The minimum Gasteiger partial charge on any atom is -0.481 e. The average Bonchev–Trinajstić information content (AvgIpc) is 2.19. The minimum atomic E-state index is -0.731. The zero-order valence-corrected chi connectivity index (χ0v) is 8.07. The van der Waals surface area contributed by atoms with Crippen molar-refractivity contribution in [3.8, 4) is 0 Å². The maximum Gasteiger partial charge on any atom is 0.303 e. The molecule has 13 heavy (non-hydrogen) atoms. The van der Waals surface area contributed by atoms with Crippen molar-refractivity contribution >= 4 is 5.97 Å². The summed E-state index contributed by atoms with van der Waals surface area (Å²) in [6, 6.07) is 0.0565. The Morgan fingerprint density at radius 1 is 1.54 bits per heavy atom. The van der Waals surface area contributed by atoms with Crippen LogP contribution in [0.1, 0.15) is 19.3 Å². The Labute approximate surface area is 78.7 Å². The van der Waals surface area contributed by atoms with Crippen LogP contribution in [0.5, 0.6) is 0 Å². The van der Waals surface area contributed by atoms with Gasteiger partial charge in [0.2, 0.25) is 0 Å². The first-order chi connectivity index (χ1) is 6.09. The van der Waals surface area contributed by atoms with E-state index in [4.69, 9.17) is 10.8 Å². The summed E-state index contributed by atoms with van der Waals surface area (Å²) < 4.78 is 0. The maximum atomic E-state index is 10.5. The van der Waals surface area contributed by atoms with Crippen LogP contribution in [-0.4, -0.2) is 42.2 Å². The van der Waals surface area contributed by atoms with Crippen molar-refractivity contribution in [1.82, 2.24) is 4.90 Å². The molecule has 0 aliphatic carbocycles. The summed E-state index contributed by atoms with van der Waals surface area (Å²) >= 11 is 0. The van der Waals surface area contributed by atoms with Crippen molar-refractivity contribution in [3.05, 3.63) is 0 Å². The fraction of sp³-hybridized carbons (Fsp3) is 0.889. The quantitative estimate of drug-likeness (QED) is 0.643. The predicted molar refractivity (Wildman–Crippen MR) is 50.4 cm³/mol.